The van der Waals surface area contributed by atoms with Crippen molar-refractivity contribution < 1.29 is 13.9 Å². The number of hydrogen-bond donors (Lipinski definition) is 3. The van der Waals surface area contributed by atoms with E-state index >= 15 is 0 Å². The molecule has 1 fully saturated rings. The van der Waals surface area contributed by atoms with Crippen molar-refractivity contribution in [3.05, 3.63) is 35.6 Å². The lowest BCUT2D eigenvalue weighted by Crippen LogP contribution is -2.52. The zero-order valence-electron chi connectivity index (χ0n) is 16.0. The first-order chi connectivity index (χ1) is 13.0. The van der Waals surface area contributed by atoms with E-state index in [9.17, 15) is 4.79 Å². The average molecular weight is 390 g/mol. The molecule has 27 heavy (non-hydrogen) atoms. The molecule has 1 aromatic heterocycles. The van der Waals surface area contributed by atoms with Gasteiger partial charge in [-0.05, 0) is 36.5 Å². The molecule has 0 unspecified atom stereocenters. The highest BCUT2D eigenvalue weighted by Gasteiger charge is 2.27. The third kappa shape index (κ3) is 4.42. The van der Waals surface area contributed by atoms with E-state index in [1.807, 2.05) is 24.3 Å². The Morgan fingerprint density at radius 3 is 2.81 bits per heavy atom. The van der Waals surface area contributed by atoms with Crippen molar-refractivity contribution in [2.75, 3.05) is 7.11 Å². The van der Waals surface area contributed by atoms with Crippen LogP contribution in [-0.4, -0.2) is 24.2 Å². The summed E-state index contributed by atoms with van der Waals surface area (Å²) in [6.07, 6.45) is 3.53. The monoisotopic (exact) mass is 389 g/mol. The highest BCUT2D eigenvalue weighted by Crippen LogP contribution is 2.29. The summed E-state index contributed by atoms with van der Waals surface area (Å²) < 4.78 is 11.0. The lowest BCUT2D eigenvalue weighted by Gasteiger charge is -2.35. The number of carbonyl (C=O) groups is 1. The standard InChI is InChI=1S/C20H27N3O3S/c1-12-7-6-9-16(13(12)2)21-20(27)23-22-19(24)18-15(11-25-3)14-8-4-5-10-17(14)26-18/h4-5,8,10,12-13,16H,6-7,9,11H2,1-3H3,(H,22,24)(H2,21,23,27)/t12-,13+,16+/m0/s1. The largest absolute Gasteiger partial charge is 0.450 e. The smallest absolute Gasteiger partial charge is 0.305 e. The van der Waals surface area contributed by atoms with Crippen LogP contribution < -0.4 is 16.2 Å². The molecule has 1 aromatic carbocycles. The minimum atomic E-state index is -0.382. The van der Waals surface area contributed by atoms with Gasteiger partial charge in [-0.1, -0.05) is 44.9 Å². The van der Waals surface area contributed by atoms with Gasteiger partial charge in [0.2, 0.25) is 0 Å². The van der Waals surface area contributed by atoms with Crippen molar-refractivity contribution in [2.24, 2.45) is 11.8 Å². The van der Waals surface area contributed by atoms with Crippen LogP contribution in [0.15, 0.2) is 28.7 Å². The zero-order valence-corrected chi connectivity index (χ0v) is 16.8. The number of ether oxygens (including phenoxy) is 1. The second-order valence-corrected chi connectivity index (χ2v) is 7.67. The van der Waals surface area contributed by atoms with Crippen LogP contribution in [0.2, 0.25) is 0 Å². The van der Waals surface area contributed by atoms with Gasteiger partial charge in [-0.2, -0.15) is 0 Å². The van der Waals surface area contributed by atoms with Gasteiger partial charge in [-0.3, -0.25) is 15.6 Å². The normalized spacial score (nSPS) is 22.4. The van der Waals surface area contributed by atoms with Crippen molar-refractivity contribution in [1.82, 2.24) is 16.2 Å². The van der Waals surface area contributed by atoms with E-state index in [4.69, 9.17) is 21.4 Å². The van der Waals surface area contributed by atoms with Crippen LogP contribution >= 0.6 is 12.2 Å². The van der Waals surface area contributed by atoms with Crippen molar-refractivity contribution in [3.8, 4) is 0 Å². The first-order valence-corrected chi connectivity index (χ1v) is 9.78. The van der Waals surface area contributed by atoms with Crippen LogP contribution in [-0.2, 0) is 11.3 Å². The molecular weight excluding hydrogens is 362 g/mol. The number of furan rings is 1. The van der Waals surface area contributed by atoms with Gasteiger partial charge in [0.1, 0.15) is 5.58 Å². The maximum atomic E-state index is 12.6. The van der Waals surface area contributed by atoms with Crippen LogP contribution in [0, 0.1) is 11.8 Å². The molecule has 6 nitrogen and oxygen atoms in total. The molecule has 1 aliphatic rings. The molecule has 3 atom stereocenters. The maximum absolute atomic E-state index is 12.6. The molecular formula is C20H27N3O3S. The molecule has 0 aliphatic heterocycles. The van der Waals surface area contributed by atoms with Crippen molar-refractivity contribution in [1.29, 1.82) is 0 Å². The Bertz CT molecular complexity index is 820. The molecule has 2 aromatic rings. The predicted octanol–water partition coefficient (Wildman–Crippen LogP) is 3.51. The molecule has 1 heterocycles. The number of methoxy groups -OCH3 is 1. The summed E-state index contributed by atoms with van der Waals surface area (Å²) in [5.41, 5.74) is 6.81. The van der Waals surface area contributed by atoms with E-state index in [0.717, 1.165) is 17.4 Å². The quantitative estimate of drug-likeness (QED) is 0.549. The number of hydrogen-bond acceptors (Lipinski definition) is 4. The summed E-state index contributed by atoms with van der Waals surface area (Å²) in [7, 11) is 1.59. The minimum Gasteiger partial charge on any atom is -0.450 e. The molecule has 3 N–H and O–H groups in total. The molecule has 0 bridgehead atoms. The first-order valence-electron chi connectivity index (χ1n) is 9.37. The van der Waals surface area contributed by atoms with Crippen molar-refractivity contribution in [2.45, 2.75) is 45.8 Å². The average Bonchev–Trinajstić information content (AvgIpc) is 3.03. The Morgan fingerprint density at radius 1 is 1.26 bits per heavy atom. The van der Waals surface area contributed by atoms with E-state index in [2.05, 4.69) is 30.0 Å². The topological polar surface area (TPSA) is 75.5 Å². The lowest BCUT2D eigenvalue weighted by atomic mass is 9.78. The number of thiocarbonyl (C=S) groups is 1. The molecule has 0 spiro atoms. The summed E-state index contributed by atoms with van der Waals surface area (Å²) in [6.45, 7) is 4.81. The highest BCUT2D eigenvalue weighted by atomic mass is 32.1. The Kier molecular flexibility index (Phi) is 6.34. The molecule has 1 amide bonds. The van der Waals surface area contributed by atoms with Gasteiger partial charge in [0, 0.05) is 24.1 Å². The zero-order chi connectivity index (χ0) is 19.4. The number of hydrazine groups is 1. The number of nitrogens with one attached hydrogen (secondary N) is 3. The Balaban J connectivity index is 1.63. The Morgan fingerprint density at radius 2 is 2.04 bits per heavy atom. The van der Waals surface area contributed by atoms with Gasteiger partial charge >= 0.3 is 5.91 Å². The van der Waals surface area contributed by atoms with E-state index in [-0.39, 0.29) is 11.7 Å². The van der Waals surface area contributed by atoms with Crippen LogP contribution in [0.5, 0.6) is 0 Å². The number of amides is 1. The SMILES string of the molecule is COCc1c(C(=O)NNC(=S)N[C@@H]2CCC[C@H](C)[C@H]2C)oc2ccccc12. The van der Waals surface area contributed by atoms with Gasteiger partial charge in [0.15, 0.2) is 10.9 Å². The number of rotatable bonds is 4. The predicted molar refractivity (Wildman–Crippen MR) is 109 cm³/mol. The first kappa shape index (κ1) is 19.6. The number of fused-ring (bicyclic) bond motifs is 1. The molecule has 1 saturated carbocycles. The number of benzene rings is 1. The van der Waals surface area contributed by atoms with Crippen molar-refractivity contribution in [3.63, 3.8) is 0 Å². The third-order valence-corrected chi connectivity index (χ3v) is 5.73. The van der Waals surface area contributed by atoms with Crippen LogP contribution in [0.1, 0.15) is 49.2 Å². The van der Waals surface area contributed by atoms with Gasteiger partial charge < -0.3 is 14.5 Å². The molecule has 1 aliphatic carbocycles. The molecule has 0 saturated heterocycles. The minimum absolute atomic E-state index is 0.230. The number of para-hydroxylation sites is 1. The lowest BCUT2D eigenvalue weighted by molar-refractivity contribution is 0.0911. The van der Waals surface area contributed by atoms with E-state index in [0.29, 0.717) is 35.2 Å². The second kappa shape index (κ2) is 8.71. The fraction of sp³-hybridized carbons (Fsp3) is 0.500. The van der Waals surface area contributed by atoms with Gasteiger partial charge in [0.25, 0.3) is 0 Å². The summed E-state index contributed by atoms with van der Waals surface area (Å²) in [5.74, 6) is 1.05. The van der Waals surface area contributed by atoms with Gasteiger partial charge in [-0.25, -0.2) is 0 Å². The third-order valence-electron chi connectivity index (χ3n) is 5.51. The van der Waals surface area contributed by atoms with Crippen LogP contribution in [0.25, 0.3) is 11.0 Å². The second-order valence-electron chi connectivity index (χ2n) is 7.27. The summed E-state index contributed by atoms with van der Waals surface area (Å²) >= 11 is 5.35. The van der Waals surface area contributed by atoms with Crippen LogP contribution in [0.3, 0.4) is 0 Å². The van der Waals surface area contributed by atoms with E-state index in [1.165, 1.54) is 12.8 Å². The summed E-state index contributed by atoms with van der Waals surface area (Å²) in [4.78, 5) is 12.6. The number of carbonyl (C=O) groups excluding carboxylic acids is 1. The Labute approximate surface area is 165 Å². The summed E-state index contributed by atoms with van der Waals surface area (Å²) in [6, 6.07) is 7.84. The molecule has 0 radical (unpaired) electrons. The molecule has 7 heteroatoms. The van der Waals surface area contributed by atoms with Crippen molar-refractivity contribution >= 4 is 34.2 Å². The fourth-order valence-corrected chi connectivity index (χ4v) is 3.93. The Hall–Kier alpha value is -2.12. The molecule has 146 valence electrons. The fourth-order valence-electron chi connectivity index (χ4n) is 3.73. The van der Waals surface area contributed by atoms with E-state index < -0.39 is 0 Å². The van der Waals surface area contributed by atoms with Gasteiger partial charge in [0.05, 0.1) is 6.61 Å². The summed E-state index contributed by atoms with van der Waals surface area (Å²) in [5, 5.41) is 4.61. The molecule has 3 rings (SSSR count). The maximum Gasteiger partial charge on any atom is 0.305 e. The van der Waals surface area contributed by atoms with E-state index in [1.54, 1.807) is 7.11 Å². The highest BCUT2D eigenvalue weighted by molar-refractivity contribution is 7.80. The van der Waals surface area contributed by atoms with Crippen LogP contribution in [0.4, 0.5) is 0 Å². The van der Waals surface area contributed by atoms with Gasteiger partial charge in [-0.15, -0.1) is 0 Å².